The Labute approximate surface area is 116 Å². The summed E-state index contributed by atoms with van der Waals surface area (Å²) in [6, 6.07) is 9.17. The minimum atomic E-state index is 0.00995. The van der Waals surface area contributed by atoms with Gasteiger partial charge in [0.1, 0.15) is 0 Å². The van der Waals surface area contributed by atoms with Crippen molar-refractivity contribution >= 4 is 64.4 Å². The monoisotopic (exact) mass is 301 g/mol. The van der Waals surface area contributed by atoms with E-state index in [1.165, 1.54) is 22.7 Å². The third-order valence-electron chi connectivity index (χ3n) is 1.71. The highest BCUT2D eigenvalue weighted by Gasteiger charge is 2.08. The molecule has 1 aromatic heterocycles. The molecule has 0 bridgehead atoms. The minimum Gasteiger partial charge on any atom is -0.426 e. The predicted molar refractivity (Wildman–Crippen MR) is 75.3 cm³/mol. The number of thioether (sulfide) groups is 1. The fourth-order valence-corrected chi connectivity index (χ4v) is 5.45. The molecule has 16 heavy (non-hydrogen) atoms. The van der Waals surface area contributed by atoms with Crippen molar-refractivity contribution < 1.29 is 4.79 Å². The Hall–Kier alpha value is -0.270. The maximum Gasteiger partial charge on any atom is 0.224 e. The molecule has 82 valence electrons. The summed E-state index contributed by atoms with van der Waals surface area (Å²) < 4.78 is 2.32. The van der Waals surface area contributed by atoms with Gasteiger partial charge in [-0.25, -0.2) is 0 Å². The van der Waals surface area contributed by atoms with Crippen molar-refractivity contribution in [2.24, 2.45) is 0 Å². The van der Waals surface area contributed by atoms with Crippen LogP contribution in [0.4, 0.5) is 0 Å². The number of carbonyl (C=O) groups excluding carboxylic acids is 1. The van der Waals surface area contributed by atoms with Crippen LogP contribution in [-0.4, -0.2) is 5.12 Å². The van der Waals surface area contributed by atoms with Crippen molar-refractivity contribution in [1.29, 1.82) is 0 Å². The third-order valence-corrected chi connectivity index (χ3v) is 6.11. The molecule has 6 heteroatoms. The summed E-state index contributed by atoms with van der Waals surface area (Å²) in [6.45, 7) is 0. The van der Waals surface area contributed by atoms with Crippen LogP contribution >= 0.6 is 46.7 Å². The first-order chi connectivity index (χ1) is 7.66. The highest BCUT2D eigenvalue weighted by atomic mass is 32.2. The lowest BCUT2D eigenvalue weighted by atomic mass is 10.2. The van der Waals surface area contributed by atoms with Gasteiger partial charge >= 0.3 is 0 Å². The van der Waals surface area contributed by atoms with E-state index in [9.17, 15) is 4.79 Å². The van der Waals surface area contributed by atoms with E-state index < -0.39 is 0 Å². The molecule has 0 unspecified atom stereocenters. The second-order valence-electron chi connectivity index (χ2n) is 2.78. The largest absolute Gasteiger partial charge is 0.426 e. The average molecular weight is 301 g/mol. The van der Waals surface area contributed by atoms with Gasteiger partial charge in [0.15, 0.2) is 0 Å². The molecule has 2 aromatic rings. The van der Waals surface area contributed by atoms with Crippen LogP contribution in [0.1, 0.15) is 10.4 Å². The van der Waals surface area contributed by atoms with Gasteiger partial charge in [-0.1, -0.05) is 46.8 Å². The second-order valence-corrected chi connectivity index (χ2v) is 7.92. The van der Waals surface area contributed by atoms with Crippen molar-refractivity contribution in [3.8, 4) is 0 Å². The van der Waals surface area contributed by atoms with E-state index >= 15 is 0 Å². The summed E-state index contributed by atoms with van der Waals surface area (Å²) in [5.41, 5.74) is 0.686. The van der Waals surface area contributed by atoms with Gasteiger partial charge in [0.05, 0.1) is 7.35 Å². The molecule has 0 spiro atoms. The quantitative estimate of drug-likeness (QED) is 0.465. The van der Waals surface area contributed by atoms with Crippen molar-refractivity contribution in [3.63, 3.8) is 0 Å². The molecule has 0 aliphatic heterocycles. The Morgan fingerprint density at radius 3 is 2.50 bits per heavy atom. The lowest BCUT2D eigenvalue weighted by Gasteiger charge is -2.01. The molecule has 0 amide bonds. The molecule has 0 N–H and O–H groups in total. The molecule has 1 nitrogen and oxygen atoms in total. The summed E-state index contributed by atoms with van der Waals surface area (Å²) >= 11 is 14.1. The molecule has 0 fully saturated rings. The fraction of sp³-hybridized carbons (Fsp3) is 0. The summed E-state index contributed by atoms with van der Waals surface area (Å²) in [5, 5.41) is 0.00995. The zero-order valence-electron chi connectivity index (χ0n) is 7.84. The van der Waals surface area contributed by atoms with Crippen molar-refractivity contribution in [2.75, 3.05) is 0 Å². The van der Waals surface area contributed by atoms with Gasteiger partial charge in [0.2, 0.25) is 5.12 Å². The number of hydrogen-bond donors (Lipinski definition) is 0. The highest BCUT2D eigenvalue weighted by molar-refractivity contribution is 8.15. The molecule has 2 rings (SSSR count). The number of rotatable bonds is 2. The third kappa shape index (κ3) is 2.89. The summed E-state index contributed by atoms with van der Waals surface area (Å²) in [4.78, 5) is 11.9. The Morgan fingerprint density at radius 1 is 1.25 bits per heavy atom. The SMILES string of the molecule is O=C(Sc1sc(=S)sc1[S-])c1ccccc1. The maximum atomic E-state index is 11.9. The lowest BCUT2D eigenvalue weighted by Crippen LogP contribution is -1.91. The average Bonchev–Trinajstić information content (AvgIpc) is 2.59. The number of carbonyl (C=O) groups is 1. The molecular formula is C10H5OS5-. The topological polar surface area (TPSA) is 17.1 Å². The molecule has 0 radical (unpaired) electrons. The van der Waals surface area contributed by atoms with E-state index in [0.29, 0.717) is 9.77 Å². The smallest absolute Gasteiger partial charge is 0.224 e. The molecule has 0 aliphatic carbocycles. The molecule has 1 aromatic carbocycles. The van der Waals surface area contributed by atoms with Crippen LogP contribution in [0.15, 0.2) is 38.8 Å². The van der Waals surface area contributed by atoms with Gasteiger partial charge in [0.25, 0.3) is 0 Å². The first kappa shape index (κ1) is 12.2. The van der Waals surface area contributed by atoms with Crippen LogP contribution in [0.3, 0.4) is 0 Å². The molecule has 1 heterocycles. The van der Waals surface area contributed by atoms with Crippen LogP contribution in [0.5, 0.6) is 0 Å². The zero-order valence-corrected chi connectivity index (χ0v) is 11.9. The molecule has 0 atom stereocenters. The summed E-state index contributed by atoms with van der Waals surface area (Å²) in [6.07, 6.45) is 0. The molecule has 0 saturated carbocycles. The lowest BCUT2D eigenvalue weighted by molar-refractivity contribution is 0.108. The van der Waals surface area contributed by atoms with Crippen molar-refractivity contribution in [2.45, 2.75) is 8.42 Å². The Kier molecular flexibility index (Phi) is 4.10. The standard InChI is InChI=1S/C10H6OS5/c11-7(6-4-2-1-3-5-6)14-9-8(12)15-10(13)16-9/h1-5,12H/p-1. The highest BCUT2D eigenvalue weighted by Crippen LogP contribution is 2.35. The van der Waals surface area contributed by atoms with Crippen molar-refractivity contribution in [3.05, 3.63) is 39.0 Å². The van der Waals surface area contributed by atoms with Gasteiger partial charge in [-0.05, 0) is 11.8 Å². The van der Waals surface area contributed by atoms with Crippen LogP contribution in [-0.2, 0) is 12.6 Å². The van der Waals surface area contributed by atoms with Crippen LogP contribution < -0.4 is 0 Å². The van der Waals surface area contributed by atoms with E-state index in [2.05, 4.69) is 0 Å². The number of benzene rings is 1. The molecular weight excluding hydrogens is 296 g/mol. The summed E-state index contributed by atoms with van der Waals surface area (Å²) in [7, 11) is 0. The molecule has 0 aliphatic rings. The van der Waals surface area contributed by atoms with Gasteiger partial charge in [-0.2, -0.15) is 0 Å². The van der Waals surface area contributed by atoms with E-state index in [4.69, 9.17) is 24.8 Å². The number of hydrogen-bond acceptors (Lipinski definition) is 6. The maximum absolute atomic E-state index is 11.9. The molecule has 0 saturated heterocycles. The minimum absolute atomic E-state index is 0.00995. The van der Waals surface area contributed by atoms with E-state index in [0.717, 1.165) is 19.1 Å². The Bertz CT molecular complexity index is 554. The fourth-order valence-electron chi connectivity index (χ4n) is 1.04. The normalized spacial score (nSPS) is 10.2. The van der Waals surface area contributed by atoms with Gasteiger partial charge in [0, 0.05) is 5.56 Å². The van der Waals surface area contributed by atoms with Crippen LogP contribution in [0.25, 0.3) is 0 Å². The van der Waals surface area contributed by atoms with Crippen molar-refractivity contribution in [1.82, 2.24) is 0 Å². The van der Waals surface area contributed by atoms with Crippen LogP contribution in [0, 0.1) is 3.14 Å². The van der Waals surface area contributed by atoms with Gasteiger partial charge < -0.3 is 24.0 Å². The Balaban J connectivity index is 2.20. The van der Waals surface area contributed by atoms with E-state index in [1.807, 2.05) is 18.2 Å². The second kappa shape index (κ2) is 5.37. The van der Waals surface area contributed by atoms with Gasteiger partial charge in [-0.15, -0.1) is 11.3 Å². The van der Waals surface area contributed by atoms with Gasteiger partial charge in [-0.3, -0.25) is 4.79 Å². The van der Waals surface area contributed by atoms with E-state index in [-0.39, 0.29) is 5.12 Å². The first-order valence-electron chi connectivity index (χ1n) is 4.25. The first-order valence-corrected chi connectivity index (χ1v) is 7.51. The zero-order chi connectivity index (χ0) is 11.5. The summed E-state index contributed by atoms with van der Waals surface area (Å²) in [5.74, 6) is 0. The van der Waals surface area contributed by atoms with Crippen LogP contribution in [0.2, 0.25) is 0 Å². The van der Waals surface area contributed by atoms with E-state index in [1.54, 1.807) is 12.1 Å². The Morgan fingerprint density at radius 2 is 1.94 bits per heavy atom. The predicted octanol–water partition coefficient (Wildman–Crippen LogP) is 4.38.